The SMILES string of the molecule is CN(C)C(=O)C(CN1CCOCC1)Sc1ccccn1. The van der Waals surface area contributed by atoms with E-state index in [-0.39, 0.29) is 11.2 Å². The number of carbonyl (C=O) groups is 1. The molecule has 0 radical (unpaired) electrons. The van der Waals surface area contributed by atoms with E-state index in [4.69, 9.17) is 4.74 Å². The van der Waals surface area contributed by atoms with Crippen molar-refractivity contribution < 1.29 is 9.53 Å². The molecule has 1 fully saturated rings. The Morgan fingerprint density at radius 3 is 2.80 bits per heavy atom. The smallest absolute Gasteiger partial charge is 0.236 e. The predicted octanol–water partition coefficient (Wildman–Crippen LogP) is 0.963. The molecule has 1 aliphatic heterocycles. The van der Waals surface area contributed by atoms with E-state index in [9.17, 15) is 4.79 Å². The van der Waals surface area contributed by atoms with Gasteiger partial charge in [-0.25, -0.2) is 4.98 Å². The minimum atomic E-state index is -0.127. The molecule has 110 valence electrons. The van der Waals surface area contributed by atoms with Crippen LogP contribution in [0.1, 0.15) is 0 Å². The quantitative estimate of drug-likeness (QED) is 0.757. The van der Waals surface area contributed by atoms with Gasteiger partial charge in [-0.2, -0.15) is 0 Å². The molecule has 2 rings (SSSR count). The highest BCUT2D eigenvalue weighted by Crippen LogP contribution is 2.23. The van der Waals surface area contributed by atoms with Crippen molar-refractivity contribution in [3.63, 3.8) is 0 Å². The number of aromatic nitrogens is 1. The second-order valence-corrected chi connectivity index (χ2v) is 6.14. The molecule has 0 spiro atoms. The van der Waals surface area contributed by atoms with E-state index >= 15 is 0 Å². The fourth-order valence-electron chi connectivity index (χ4n) is 2.03. The van der Waals surface area contributed by atoms with Gasteiger partial charge in [0.2, 0.25) is 5.91 Å². The van der Waals surface area contributed by atoms with Gasteiger partial charge in [-0.15, -0.1) is 0 Å². The van der Waals surface area contributed by atoms with Crippen LogP contribution in [0.3, 0.4) is 0 Å². The third-order valence-corrected chi connectivity index (χ3v) is 4.26. The first-order valence-electron chi connectivity index (χ1n) is 6.76. The van der Waals surface area contributed by atoms with E-state index in [2.05, 4.69) is 9.88 Å². The van der Waals surface area contributed by atoms with E-state index < -0.39 is 0 Å². The highest BCUT2D eigenvalue weighted by molar-refractivity contribution is 8.00. The molecule has 0 aliphatic carbocycles. The van der Waals surface area contributed by atoms with Crippen LogP contribution < -0.4 is 0 Å². The van der Waals surface area contributed by atoms with Crippen LogP contribution in [-0.2, 0) is 9.53 Å². The first kappa shape index (κ1) is 15.3. The normalized spacial score (nSPS) is 17.7. The Balaban J connectivity index is 2.02. The Bertz CT molecular complexity index is 422. The molecule has 1 unspecified atom stereocenters. The van der Waals surface area contributed by atoms with E-state index in [0.717, 1.165) is 37.9 Å². The van der Waals surface area contributed by atoms with Gasteiger partial charge in [0, 0.05) is 39.9 Å². The van der Waals surface area contributed by atoms with Gasteiger partial charge in [0.25, 0.3) is 0 Å². The molecule has 2 heterocycles. The maximum atomic E-state index is 12.3. The summed E-state index contributed by atoms with van der Waals surface area (Å²) in [6.07, 6.45) is 1.76. The summed E-state index contributed by atoms with van der Waals surface area (Å²) in [5.41, 5.74) is 0. The molecule has 6 heteroatoms. The molecular formula is C14H21N3O2S. The lowest BCUT2D eigenvalue weighted by atomic mass is 10.3. The zero-order valence-electron chi connectivity index (χ0n) is 12.0. The second kappa shape index (κ2) is 7.61. The Morgan fingerprint density at radius 1 is 1.45 bits per heavy atom. The lowest BCUT2D eigenvalue weighted by Gasteiger charge is -2.30. The minimum absolute atomic E-state index is 0.127. The fraction of sp³-hybridized carbons (Fsp3) is 0.571. The van der Waals surface area contributed by atoms with Crippen LogP contribution in [0.25, 0.3) is 0 Å². The summed E-state index contributed by atoms with van der Waals surface area (Å²) in [4.78, 5) is 20.6. The lowest BCUT2D eigenvalue weighted by molar-refractivity contribution is -0.128. The average molecular weight is 295 g/mol. The lowest BCUT2D eigenvalue weighted by Crippen LogP contribution is -2.44. The minimum Gasteiger partial charge on any atom is -0.379 e. The van der Waals surface area contributed by atoms with Crippen LogP contribution >= 0.6 is 11.8 Å². The van der Waals surface area contributed by atoms with E-state index in [0.29, 0.717) is 0 Å². The number of thioether (sulfide) groups is 1. The highest BCUT2D eigenvalue weighted by atomic mass is 32.2. The molecule has 1 saturated heterocycles. The number of nitrogens with zero attached hydrogens (tertiary/aromatic N) is 3. The van der Waals surface area contributed by atoms with Gasteiger partial charge in [0.15, 0.2) is 0 Å². The standard InChI is InChI=1S/C14H21N3O2S/c1-16(2)14(18)12(11-17-7-9-19-10-8-17)20-13-5-3-4-6-15-13/h3-6,12H,7-11H2,1-2H3. The first-order chi connectivity index (χ1) is 9.66. The molecule has 1 atom stereocenters. The van der Waals surface area contributed by atoms with Gasteiger partial charge in [-0.3, -0.25) is 9.69 Å². The molecule has 1 amide bonds. The van der Waals surface area contributed by atoms with Crippen molar-refractivity contribution in [2.24, 2.45) is 0 Å². The zero-order chi connectivity index (χ0) is 14.4. The van der Waals surface area contributed by atoms with Crippen LogP contribution in [0.5, 0.6) is 0 Å². The predicted molar refractivity (Wildman–Crippen MR) is 79.8 cm³/mol. The molecule has 0 saturated carbocycles. The van der Waals surface area contributed by atoms with Gasteiger partial charge in [-0.05, 0) is 12.1 Å². The number of hydrogen-bond acceptors (Lipinski definition) is 5. The van der Waals surface area contributed by atoms with Crippen molar-refractivity contribution in [3.05, 3.63) is 24.4 Å². The summed E-state index contributed by atoms with van der Waals surface area (Å²) >= 11 is 1.53. The van der Waals surface area contributed by atoms with Crippen molar-refractivity contribution in [1.82, 2.24) is 14.8 Å². The molecule has 0 N–H and O–H groups in total. The van der Waals surface area contributed by atoms with Crippen molar-refractivity contribution in [2.45, 2.75) is 10.3 Å². The molecule has 1 aliphatic rings. The fourth-order valence-corrected chi connectivity index (χ4v) is 3.20. The number of ether oxygens (including phenoxy) is 1. The molecule has 20 heavy (non-hydrogen) atoms. The van der Waals surface area contributed by atoms with Crippen molar-refractivity contribution in [2.75, 3.05) is 46.9 Å². The Kier molecular flexibility index (Phi) is 5.82. The number of hydrogen-bond donors (Lipinski definition) is 0. The summed E-state index contributed by atoms with van der Waals surface area (Å²) in [6.45, 7) is 4.01. The highest BCUT2D eigenvalue weighted by Gasteiger charge is 2.25. The van der Waals surface area contributed by atoms with Crippen LogP contribution in [-0.4, -0.2) is 72.9 Å². The zero-order valence-corrected chi connectivity index (χ0v) is 12.8. The van der Waals surface area contributed by atoms with Gasteiger partial charge in [0.1, 0.15) is 5.25 Å². The third kappa shape index (κ3) is 4.47. The number of amides is 1. The average Bonchev–Trinajstić information content (AvgIpc) is 2.48. The van der Waals surface area contributed by atoms with E-state index in [1.54, 1.807) is 25.2 Å². The number of morpholine rings is 1. The summed E-state index contributed by atoms with van der Waals surface area (Å²) in [5.74, 6) is 0.132. The first-order valence-corrected chi connectivity index (χ1v) is 7.64. The summed E-state index contributed by atoms with van der Waals surface area (Å²) in [5, 5.41) is 0.763. The van der Waals surface area contributed by atoms with Crippen molar-refractivity contribution in [1.29, 1.82) is 0 Å². The van der Waals surface area contributed by atoms with Crippen molar-refractivity contribution in [3.8, 4) is 0 Å². The van der Waals surface area contributed by atoms with Gasteiger partial charge in [-0.1, -0.05) is 17.8 Å². The number of pyridine rings is 1. The Hall–Kier alpha value is -1.11. The Labute approximate surface area is 124 Å². The summed E-state index contributed by atoms with van der Waals surface area (Å²) in [7, 11) is 3.60. The van der Waals surface area contributed by atoms with Crippen LogP contribution in [0, 0.1) is 0 Å². The summed E-state index contributed by atoms with van der Waals surface area (Å²) in [6, 6.07) is 5.77. The maximum absolute atomic E-state index is 12.3. The number of carbonyl (C=O) groups excluding carboxylic acids is 1. The monoisotopic (exact) mass is 295 g/mol. The summed E-state index contributed by atoms with van der Waals surface area (Å²) < 4.78 is 5.35. The molecule has 1 aromatic rings. The molecular weight excluding hydrogens is 274 g/mol. The molecule has 1 aromatic heterocycles. The molecule has 0 bridgehead atoms. The van der Waals surface area contributed by atoms with Crippen LogP contribution in [0.15, 0.2) is 29.4 Å². The third-order valence-electron chi connectivity index (χ3n) is 3.14. The molecule has 5 nitrogen and oxygen atoms in total. The van der Waals surface area contributed by atoms with E-state index in [1.807, 2.05) is 18.2 Å². The van der Waals surface area contributed by atoms with E-state index in [1.165, 1.54) is 11.8 Å². The van der Waals surface area contributed by atoms with Crippen molar-refractivity contribution >= 4 is 17.7 Å². The maximum Gasteiger partial charge on any atom is 0.236 e. The topological polar surface area (TPSA) is 45.7 Å². The molecule has 0 aromatic carbocycles. The second-order valence-electron chi connectivity index (χ2n) is 4.92. The van der Waals surface area contributed by atoms with Crippen LogP contribution in [0.2, 0.25) is 0 Å². The van der Waals surface area contributed by atoms with Crippen LogP contribution in [0.4, 0.5) is 0 Å². The Morgan fingerprint density at radius 2 is 2.20 bits per heavy atom. The van der Waals surface area contributed by atoms with Gasteiger partial charge in [0.05, 0.1) is 18.2 Å². The number of rotatable bonds is 5. The largest absolute Gasteiger partial charge is 0.379 e. The van der Waals surface area contributed by atoms with Gasteiger partial charge < -0.3 is 9.64 Å². The van der Waals surface area contributed by atoms with Gasteiger partial charge >= 0.3 is 0 Å².